The number of Topliss-reactive ketones (excluding diaryl/α,β-unsaturated/α-hetero) is 1. The number of rotatable bonds is 1. The molecule has 1 saturated heterocycles. The predicted octanol–water partition coefficient (Wildman–Crippen LogP) is 1.74. The quantitative estimate of drug-likeness (QED) is 0.648. The van der Waals surface area contributed by atoms with Gasteiger partial charge in [0.2, 0.25) is 0 Å². The Balaban J connectivity index is 2.51. The SMILES string of the molecule is CC(C)(C)C(=O)[C@@H]1CCCCN1. The van der Waals surface area contributed by atoms with E-state index in [-0.39, 0.29) is 11.5 Å². The molecule has 1 fully saturated rings. The molecule has 1 aliphatic heterocycles. The topological polar surface area (TPSA) is 29.1 Å². The van der Waals surface area contributed by atoms with Gasteiger partial charge in [-0.05, 0) is 19.4 Å². The number of nitrogens with one attached hydrogen (secondary N) is 1. The first-order chi connectivity index (χ1) is 5.52. The van der Waals surface area contributed by atoms with E-state index in [1.54, 1.807) is 0 Å². The van der Waals surface area contributed by atoms with Gasteiger partial charge in [0.15, 0.2) is 5.78 Å². The summed E-state index contributed by atoms with van der Waals surface area (Å²) in [6, 6.07) is 0.124. The molecule has 0 aromatic heterocycles. The van der Waals surface area contributed by atoms with Gasteiger partial charge in [0.05, 0.1) is 6.04 Å². The zero-order chi connectivity index (χ0) is 9.19. The van der Waals surface area contributed by atoms with Crippen LogP contribution in [0.2, 0.25) is 0 Å². The molecule has 0 aliphatic carbocycles. The largest absolute Gasteiger partial charge is 0.307 e. The Kier molecular flexibility index (Phi) is 2.89. The van der Waals surface area contributed by atoms with E-state index in [1.165, 1.54) is 12.8 Å². The fourth-order valence-corrected chi connectivity index (χ4v) is 1.60. The molecule has 0 spiro atoms. The molecule has 0 radical (unpaired) electrons. The number of hydrogen-bond acceptors (Lipinski definition) is 2. The van der Waals surface area contributed by atoms with E-state index in [0.29, 0.717) is 5.78 Å². The maximum absolute atomic E-state index is 11.8. The molecule has 1 N–H and O–H groups in total. The van der Waals surface area contributed by atoms with Crippen molar-refractivity contribution in [3.8, 4) is 0 Å². The second kappa shape index (κ2) is 3.56. The van der Waals surface area contributed by atoms with Crippen LogP contribution in [0.15, 0.2) is 0 Å². The highest BCUT2D eigenvalue weighted by atomic mass is 16.1. The third-order valence-electron chi connectivity index (χ3n) is 2.37. The van der Waals surface area contributed by atoms with Gasteiger partial charge in [-0.2, -0.15) is 0 Å². The molecular formula is C10H19NO. The smallest absolute Gasteiger partial charge is 0.155 e. The number of hydrogen-bond donors (Lipinski definition) is 1. The first kappa shape index (κ1) is 9.72. The Morgan fingerprint density at radius 2 is 2.00 bits per heavy atom. The van der Waals surface area contributed by atoms with Gasteiger partial charge < -0.3 is 5.32 Å². The average Bonchev–Trinajstić information content (AvgIpc) is 2.03. The van der Waals surface area contributed by atoms with Crippen molar-refractivity contribution in [3.05, 3.63) is 0 Å². The monoisotopic (exact) mass is 169 g/mol. The summed E-state index contributed by atoms with van der Waals surface area (Å²) in [5.74, 6) is 0.363. The van der Waals surface area contributed by atoms with Crippen molar-refractivity contribution in [3.63, 3.8) is 0 Å². The molecular weight excluding hydrogens is 150 g/mol. The van der Waals surface area contributed by atoms with E-state index >= 15 is 0 Å². The summed E-state index contributed by atoms with van der Waals surface area (Å²) in [6.45, 7) is 6.98. The molecule has 1 atom stereocenters. The van der Waals surface area contributed by atoms with Crippen molar-refractivity contribution >= 4 is 5.78 Å². The normalized spacial score (nSPS) is 25.4. The van der Waals surface area contributed by atoms with Crippen molar-refractivity contribution in [1.82, 2.24) is 5.32 Å². The third kappa shape index (κ3) is 2.31. The molecule has 1 rings (SSSR count). The van der Waals surface area contributed by atoms with E-state index in [1.807, 2.05) is 20.8 Å². The minimum atomic E-state index is -0.186. The van der Waals surface area contributed by atoms with Crippen LogP contribution in [0.5, 0.6) is 0 Å². The minimum Gasteiger partial charge on any atom is -0.307 e. The molecule has 0 saturated carbocycles. The first-order valence-electron chi connectivity index (χ1n) is 4.79. The minimum absolute atomic E-state index is 0.124. The standard InChI is InChI=1S/C10H19NO/c1-10(2,3)9(12)8-6-4-5-7-11-8/h8,11H,4-7H2,1-3H3/t8-/m0/s1. The Morgan fingerprint density at radius 3 is 2.42 bits per heavy atom. The fourth-order valence-electron chi connectivity index (χ4n) is 1.60. The van der Waals surface area contributed by atoms with Crippen LogP contribution >= 0.6 is 0 Å². The zero-order valence-electron chi connectivity index (χ0n) is 8.31. The Labute approximate surface area is 74.7 Å². The summed E-state index contributed by atoms with van der Waals surface area (Å²) in [6.07, 6.45) is 3.43. The van der Waals surface area contributed by atoms with Crippen LogP contribution in [0, 0.1) is 5.41 Å². The molecule has 0 aromatic rings. The summed E-state index contributed by atoms with van der Waals surface area (Å²) in [5.41, 5.74) is -0.186. The van der Waals surface area contributed by atoms with Crippen LogP contribution < -0.4 is 5.32 Å². The number of carbonyl (C=O) groups is 1. The van der Waals surface area contributed by atoms with Gasteiger partial charge in [-0.3, -0.25) is 4.79 Å². The van der Waals surface area contributed by atoms with Gasteiger partial charge >= 0.3 is 0 Å². The lowest BCUT2D eigenvalue weighted by atomic mass is 9.84. The lowest BCUT2D eigenvalue weighted by Gasteiger charge is -2.28. The molecule has 70 valence electrons. The lowest BCUT2D eigenvalue weighted by Crippen LogP contribution is -2.45. The predicted molar refractivity (Wildman–Crippen MR) is 50.1 cm³/mol. The summed E-state index contributed by atoms with van der Waals surface area (Å²) < 4.78 is 0. The molecule has 0 unspecified atom stereocenters. The van der Waals surface area contributed by atoms with E-state index in [9.17, 15) is 4.79 Å². The Hall–Kier alpha value is -0.370. The fraction of sp³-hybridized carbons (Fsp3) is 0.900. The van der Waals surface area contributed by atoms with Gasteiger partial charge in [-0.25, -0.2) is 0 Å². The highest BCUT2D eigenvalue weighted by Crippen LogP contribution is 2.20. The molecule has 0 aromatic carbocycles. The summed E-state index contributed by atoms with van der Waals surface area (Å²) in [7, 11) is 0. The van der Waals surface area contributed by atoms with Crippen molar-refractivity contribution in [2.24, 2.45) is 5.41 Å². The highest BCUT2D eigenvalue weighted by Gasteiger charge is 2.29. The second-order valence-electron chi connectivity index (χ2n) is 4.62. The van der Waals surface area contributed by atoms with E-state index < -0.39 is 0 Å². The molecule has 1 aliphatic rings. The van der Waals surface area contributed by atoms with E-state index in [2.05, 4.69) is 5.32 Å². The number of ketones is 1. The third-order valence-corrected chi connectivity index (χ3v) is 2.37. The molecule has 0 amide bonds. The molecule has 0 bridgehead atoms. The van der Waals surface area contributed by atoms with Crippen LogP contribution in [-0.4, -0.2) is 18.4 Å². The van der Waals surface area contributed by atoms with Crippen LogP contribution in [0.3, 0.4) is 0 Å². The van der Waals surface area contributed by atoms with Gasteiger partial charge in [0, 0.05) is 5.41 Å². The summed E-state index contributed by atoms with van der Waals surface area (Å²) in [4.78, 5) is 11.8. The Morgan fingerprint density at radius 1 is 1.33 bits per heavy atom. The molecule has 12 heavy (non-hydrogen) atoms. The van der Waals surface area contributed by atoms with Gasteiger partial charge in [0.25, 0.3) is 0 Å². The van der Waals surface area contributed by atoms with Gasteiger partial charge in [0.1, 0.15) is 0 Å². The molecule has 2 heteroatoms. The van der Waals surface area contributed by atoms with Crippen molar-refractivity contribution < 1.29 is 4.79 Å². The maximum atomic E-state index is 11.8. The van der Waals surface area contributed by atoms with Crippen LogP contribution in [-0.2, 0) is 4.79 Å². The van der Waals surface area contributed by atoms with Crippen LogP contribution in [0.4, 0.5) is 0 Å². The van der Waals surface area contributed by atoms with Crippen molar-refractivity contribution in [2.45, 2.75) is 46.1 Å². The van der Waals surface area contributed by atoms with Gasteiger partial charge in [-0.1, -0.05) is 27.2 Å². The maximum Gasteiger partial charge on any atom is 0.155 e. The molecule has 2 nitrogen and oxygen atoms in total. The number of piperidine rings is 1. The Bertz CT molecular complexity index is 163. The zero-order valence-corrected chi connectivity index (χ0v) is 8.31. The second-order valence-corrected chi connectivity index (χ2v) is 4.62. The van der Waals surface area contributed by atoms with Crippen LogP contribution in [0.1, 0.15) is 40.0 Å². The summed E-state index contributed by atoms with van der Waals surface area (Å²) in [5, 5.41) is 3.28. The van der Waals surface area contributed by atoms with E-state index in [4.69, 9.17) is 0 Å². The van der Waals surface area contributed by atoms with Crippen molar-refractivity contribution in [1.29, 1.82) is 0 Å². The summed E-state index contributed by atoms with van der Waals surface area (Å²) >= 11 is 0. The highest BCUT2D eigenvalue weighted by molar-refractivity contribution is 5.88. The van der Waals surface area contributed by atoms with Crippen LogP contribution in [0.25, 0.3) is 0 Å². The van der Waals surface area contributed by atoms with Crippen molar-refractivity contribution in [2.75, 3.05) is 6.54 Å². The first-order valence-corrected chi connectivity index (χ1v) is 4.79. The lowest BCUT2D eigenvalue weighted by molar-refractivity contribution is -0.128. The molecule has 1 heterocycles. The van der Waals surface area contributed by atoms with E-state index in [0.717, 1.165) is 13.0 Å². The number of carbonyl (C=O) groups excluding carboxylic acids is 1. The van der Waals surface area contributed by atoms with Gasteiger partial charge in [-0.15, -0.1) is 0 Å². The average molecular weight is 169 g/mol.